The Morgan fingerprint density at radius 3 is 2.32 bits per heavy atom. The van der Waals surface area contributed by atoms with Gasteiger partial charge in [0.2, 0.25) is 0 Å². The summed E-state index contributed by atoms with van der Waals surface area (Å²) in [7, 11) is 0. The number of anilines is 1. The Labute approximate surface area is 161 Å². The Bertz CT molecular complexity index is 914. The molecule has 8 heteroatoms. The van der Waals surface area contributed by atoms with Crippen molar-refractivity contribution < 1.29 is 18.9 Å². The molecule has 7 nitrogen and oxygen atoms in total. The van der Waals surface area contributed by atoms with E-state index in [1.165, 1.54) is 37.3 Å². The van der Waals surface area contributed by atoms with E-state index in [2.05, 4.69) is 0 Å². The lowest BCUT2D eigenvalue weighted by Crippen LogP contribution is -2.35. The van der Waals surface area contributed by atoms with Crippen LogP contribution in [0.15, 0.2) is 42.5 Å². The number of carbonyl (C=O) groups excluding carboxylic acids is 2. The summed E-state index contributed by atoms with van der Waals surface area (Å²) >= 11 is 0. The molecule has 0 N–H and O–H groups in total. The first-order chi connectivity index (χ1) is 13.4. The molecule has 0 bridgehead atoms. The lowest BCUT2D eigenvalue weighted by Gasteiger charge is -2.23. The third kappa shape index (κ3) is 4.16. The van der Waals surface area contributed by atoms with Crippen LogP contribution in [0.4, 0.5) is 15.8 Å². The predicted octanol–water partition coefficient (Wildman–Crippen LogP) is 3.29. The Morgan fingerprint density at radius 2 is 1.68 bits per heavy atom. The molecule has 3 rings (SSSR count). The molecule has 1 saturated heterocycles. The van der Waals surface area contributed by atoms with Crippen molar-refractivity contribution in [1.29, 1.82) is 0 Å². The average Bonchev–Trinajstić information content (AvgIpc) is 2.93. The summed E-state index contributed by atoms with van der Waals surface area (Å²) in [6, 6.07) is 9.86. The molecule has 0 aliphatic carbocycles. The Hall–Kier alpha value is -3.29. The molecule has 0 radical (unpaired) electrons. The molecule has 1 heterocycles. The number of amides is 1. The number of benzene rings is 2. The molecule has 146 valence electrons. The second-order valence-electron chi connectivity index (χ2n) is 6.66. The third-order valence-corrected chi connectivity index (χ3v) is 4.79. The summed E-state index contributed by atoms with van der Waals surface area (Å²) in [5, 5.41) is 11.5. The lowest BCUT2D eigenvalue weighted by molar-refractivity contribution is -0.384. The van der Waals surface area contributed by atoms with E-state index in [0.717, 1.165) is 0 Å². The van der Waals surface area contributed by atoms with E-state index in [0.29, 0.717) is 49.4 Å². The lowest BCUT2D eigenvalue weighted by atomic mass is 10.1. The molecule has 28 heavy (non-hydrogen) atoms. The van der Waals surface area contributed by atoms with Gasteiger partial charge < -0.3 is 9.80 Å². The van der Waals surface area contributed by atoms with E-state index >= 15 is 0 Å². The van der Waals surface area contributed by atoms with E-state index in [1.54, 1.807) is 17.0 Å². The van der Waals surface area contributed by atoms with Crippen molar-refractivity contribution in [3.8, 4) is 0 Å². The maximum Gasteiger partial charge on any atom is 0.293 e. The monoisotopic (exact) mass is 385 g/mol. The van der Waals surface area contributed by atoms with Crippen molar-refractivity contribution in [3.63, 3.8) is 0 Å². The van der Waals surface area contributed by atoms with E-state index in [9.17, 15) is 24.1 Å². The molecular weight excluding hydrogens is 365 g/mol. The average molecular weight is 385 g/mol. The number of hydrogen-bond acceptors (Lipinski definition) is 5. The number of ketones is 1. The molecule has 0 spiro atoms. The maximum absolute atomic E-state index is 13.1. The van der Waals surface area contributed by atoms with Gasteiger partial charge in [-0.25, -0.2) is 4.39 Å². The highest BCUT2D eigenvalue weighted by molar-refractivity contribution is 5.96. The molecule has 0 atom stereocenters. The number of nitro benzene ring substituents is 1. The fourth-order valence-electron chi connectivity index (χ4n) is 3.29. The molecule has 1 aliphatic heterocycles. The van der Waals surface area contributed by atoms with Gasteiger partial charge in [-0.1, -0.05) is 0 Å². The first-order valence-corrected chi connectivity index (χ1v) is 8.96. The molecule has 2 aromatic carbocycles. The van der Waals surface area contributed by atoms with Crippen molar-refractivity contribution in [2.24, 2.45) is 0 Å². The quantitative estimate of drug-likeness (QED) is 0.458. The SMILES string of the molecule is CC(=O)c1ccc(N2CCCN(C(=O)c3ccc(F)cc3)CC2)c([N+](=O)[O-])c1. The zero-order chi connectivity index (χ0) is 20.3. The fraction of sp³-hybridized carbons (Fsp3) is 0.300. The van der Waals surface area contributed by atoms with Gasteiger partial charge in [0.1, 0.15) is 11.5 Å². The fourth-order valence-corrected chi connectivity index (χ4v) is 3.29. The molecule has 0 saturated carbocycles. The number of rotatable bonds is 4. The van der Waals surface area contributed by atoms with Crippen LogP contribution in [-0.4, -0.2) is 47.7 Å². The molecule has 1 fully saturated rings. The zero-order valence-electron chi connectivity index (χ0n) is 15.4. The highest BCUT2D eigenvalue weighted by Gasteiger charge is 2.25. The van der Waals surface area contributed by atoms with Crippen molar-refractivity contribution >= 4 is 23.1 Å². The van der Waals surface area contributed by atoms with E-state index < -0.39 is 10.7 Å². The van der Waals surface area contributed by atoms with E-state index in [-0.39, 0.29) is 17.4 Å². The van der Waals surface area contributed by atoms with Crippen molar-refractivity contribution in [1.82, 2.24) is 4.90 Å². The van der Waals surface area contributed by atoms with Gasteiger partial charge in [-0.3, -0.25) is 19.7 Å². The normalized spacial score (nSPS) is 14.5. The minimum atomic E-state index is -0.492. The van der Waals surface area contributed by atoms with Crippen molar-refractivity contribution in [3.05, 3.63) is 69.5 Å². The van der Waals surface area contributed by atoms with Crippen molar-refractivity contribution in [2.75, 3.05) is 31.1 Å². The minimum absolute atomic E-state index is 0.119. The molecular formula is C20H20FN3O4. The van der Waals surface area contributed by atoms with Crippen LogP contribution in [0.25, 0.3) is 0 Å². The topological polar surface area (TPSA) is 83.8 Å². The number of hydrogen-bond donors (Lipinski definition) is 0. The minimum Gasteiger partial charge on any atom is -0.364 e. The van der Waals surface area contributed by atoms with Gasteiger partial charge in [0.25, 0.3) is 11.6 Å². The Morgan fingerprint density at radius 1 is 1.00 bits per heavy atom. The van der Waals surface area contributed by atoms with Gasteiger partial charge >= 0.3 is 0 Å². The smallest absolute Gasteiger partial charge is 0.293 e. The number of carbonyl (C=O) groups is 2. The van der Waals surface area contributed by atoms with Gasteiger partial charge in [0, 0.05) is 43.4 Å². The zero-order valence-corrected chi connectivity index (χ0v) is 15.4. The third-order valence-electron chi connectivity index (χ3n) is 4.79. The summed E-state index contributed by atoms with van der Waals surface area (Å²) in [5.41, 5.74) is 1.02. The second-order valence-corrected chi connectivity index (χ2v) is 6.66. The summed E-state index contributed by atoms with van der Waals surface area (Å²) in [6.07, 6.45) is 0.637. The molecule has 0 unspecified atom stereocenters. The first kappa shape index (κ1) is 19.5. The first-order valence-electron chi connectivity index (χ1n) is 8.96. The van der Waals surface area contributed by atoms with Crippen LogP contribution in [-0.2, 0) is 0 Å². The van der Waals surface area contributed by atoms with Crippen molar-refractivity contribution in [2.45, 2.75) is 13.3 Å². The van der Waals surface area contributed by atoms with E-state index in [1.807, 2.05) is 4.90 Å². The molecule has 2 aromatic rings. The maximum atomic E-state index is 13.1. The van der Waals surface area contributed by atoms with Crippen LogP contribution in [0, 0.1) is 15.9 Å². The number of nitro groups is 1. The number of Topliss-reactive ketones (excluding diaryl/α,β-unsaturated/α-hetero) is 1. The summed E-state index contributed by atoms with van der Waals surface area (Å²) < 4.78 is 13.1. The van der Waals surface area contributed by atoms with Crippen LogP contribution in [0.1, 0.15) is 34.1 Å². The van der Waals surface area contributed by atoms with Crippen LogP contribution in [0.3, 0.4) is 0 Å². The van der Waals surface area contributed by atoms with Crippen LogP contribution in [0.2, 0.25) is 0 Å². The largest absolute Gasteiger partial charge is 0.364 e. The van der Waals surface area contributed by atoms with Crippen LogP contribution in [0.5, 0.6) is 0 Å². The Balaban J connectivity index is 1.78. The van der Waals surface area contributed by atoms with Crippen LogP contribution >= 0.6 is 0 Å². The molecule has 1 aliphatic rings. The van der Waals surface area contributed by atoms with Gasteiger partial charge in [-0.05, 0) is 49.7 Å². The summed E-state index contributed by atoms with van der Waals surface area (Å²) in [6.45, 7) is 3.23. The van der Waals surface area contributed by atoms with E-state index in [4.69, 9.17) is 0 Å². The van der Waals surface area contributed by atoms with Crippen LogP contribution < -0.4 is 4.90 Å². The van der Waals surface area contributed by atoms with Gasteiger partial charge in [-0.15, -0.1) is 0 Å². The van der Waals surface area contributed by atoms with Gasteiger partial charge in [0.15, 0.2) is 5.78 Å². The molecule has 1 amide bonds. The standard InChI is InChI=1S/C20H20FN3O4/c1-14(25)16-5-8-18(19(13-16)24(27)28)22-9-2-10-23(12-11-22)20(26)15-3-6-17(21)7-4-15/h3-8,13H,2,9-12H2,1H3. The van der Waals surface area contributed by atoms with Gasteiger partial charge in [0.05, 0.1) is 4.92 Å². The second kappa shape index (κ2) is 8.16. The Kier molecular flexibility index (Phi) is 5.67. The van der Waals surface area contributed by atoms with Gasteiger partial charge in [-0.2, -0.15) is 0 Å². The highest BCUT2D eigenvalue weighted by atomic mass is 19.1. The highest BCUT2D eigenvalue weighted by Crippen LogP contribution is 2.30. The summed E-state index contributed by atoms with van der Waals surface area (Å²) in [5.74, 6) is -0.829. The summed E-state index contributed by atoms with van der Waals surface area (Å²) in [4.78, 5) is 38.7. The predicted molar refractivity (Wildman–Crippen MR) is 102 cm³/mol. The molecule has 0 aromatic heterocycles. The number of halogens is 1. The number of nitrogens with zero attached hydrogens (tertiary/aromatic N) is 3.